The van der Waals surface area contributed by atoms with Crippen LogP contribution >= 0.6 is 0 Å². The molecule has 0 saturated carbocycles. The number of hydrogen-bond donors (Lipinski definition) is 1. The Morgan fingerprint density at radius 2 is 2.04 bits per heavy atom. The van der Waals surface area contributed by atoms with E-state index in [-0.39, 0.29) is 12.0 Å². The smallest absolute Gasteiger partial charge is 0.330 e. The maximum Gasteiger partial charge on any atom is 0.330 e. The normalized spacial score (nSPS) is 10.5. The van der Waals surface area contributed by atoms with Gasteiger partial charge in [0.2, 0.25) is 0 Å². The number of carbonyl (C=O) groups excluding carboxylic acids is 1. The van der Waals surface area contributed by atoms with Crippen LogP contribution in [0.1, 0.15) is 6.42 Å². The van der Waals surface area contributed by atoms with Crippen LogP contribution in [0.5, 0.6) is 11.8 Å². The number of fused-ring (bicyclic) bond motifs is 1. The lowest BCUT2D eigenvalue weighted by atomic mass is 10.3. The highest BCUT2D eigenvalue weighted by Gasteiger charge is 2.17. The molecule has 1 aromatic carbocycles. The lowest BCUT2D eigenvalue weighted by molar-refractivity contribution is 0.237. The molecule has 0 aliphatic heterocycles. The zero-order valence-corrected chi connectivity index (χ0v) is 13.3. The molecule has 3 rings (SSSR count). The first-order valence-electron chi connectivity index (χ1n) is 7.63. The summed E-state index contributed by atoms with van der Waals surface area (Å²) in [4.78, 5) is 20.7. The first-order valence-corrected chi connectivity index (χ1v) is 7.63. The number of para-hydroxylation sites is 1. The van der Waals surface area contributed by atoms with Crippen LogP contribution in [0, 0.1) is 0 Å². The van der Waals surface area contributed by atoms with Gasteiger partial charge in [-0.2, -0.15) is 4.98 Å². The van der Waals surface area contributed by atoms with Gasteiger partial charge in [-0.15, -0.1) is 0 Å². The van der Waals surface area contributed by atoms with E-state index in [1.165, 1.54) is 11.7 Å². The molecule has 3 aromatic rings. The van der Waals surface area contributed by atoms with Crippen molar-refractivity contribution in [2.75, 3.05) is 20.3 Å². The van der Waals surface area contributed by atoms with E-state index in [2.05, 4.69) is 15.3 Å². The predicted molar refractivity (Wildman–Crippen MR) is 89.4 cm³/mol. The molecule has 1 N–H and O–H groups in total. The molecule has 0 saturated heterocycles. The SMILES string of the molecule is COc1nc2ncccc2n1C(=O)NCCCOc1ccccc1. The Kier molecular flexibility index (Phi) is 4.90. The van der Waals surface area contributed by atoms with Crippen molar-refractivity contribution in [1.82, 2.24) is 19.9 Å². The maximum absolute atomic E-state index is 12.4. The van der Waals surface area contributed by atoms with Crippen molar-refractivity contribution in [1.29, 1.82) is 0 Å². The van der Waals surface area contributed by atoms with E-state index in [0.29, 0.717) is 30.7 Å². The molecule has 0 fully saturated rings. The minimum absolute atomic E-state index is 0.210. The highest BCUT2D eigenvalue weighted by atomic mass is 16.5. The van der Waals surface area contributed by atoms with Gasteiger partial charge in [0, 0.05) is 12.7 Å². The molecule has 0 spiro atoms. The molecule has 0 atom stereocenters. The van der Waals surface area contributed by atoms with Gasteiger partial charge < -0.3 is 14.8 Å². The van der Waals surface area contributed by atoms with Gasteiger partial charge in [-0.05, 0) is 30.7 Å². The van der Waals surface area contributed by atoms with Gasteiger partial charge in [0.1, 0.15) is 11.3 Å². The Hall–Kier alpha value is -3.09. The van der Waals surface area contributed by atoms with E-state index < -0.39 is 0 Å². The Labute approximate surface area is 139 Å². The van der Waals surface area contributed by atoms with Gasteiger partial charge in [-0.1, -0.05) is 18.2 Å². The Balaban J connectivity index is 1.55. The molecule has 2 heterocycles. The quantitative estimate of drug-likeness (QED) is 0.704. The van der Waals surface area contributed by atoms with E-state index in [1.807, 2.05) is 30.3 Å². The Morgan fingerprint density at radius 1 is 1.21 bits per heavy atom. The van der Waals surface area contributed by atoms with Crippen LogP contribution in [-0.4, -0.2) is 40.8 Å². The Morgan fingerprint density at radius 3 is 2.83 bits per heavy atom. The molecule has 24 heavy (non-hydrogen) atoms. The molecule has 1 amide bonds. The van der Waals surface area contributed by atoms with Crippen molar-refractivity contribution in [2.24, 2.45) is 0 Å². The maximum atomic E-state index is 12.4. The van der Waals surface area contributed by atoms with Gasteiger partial charge in [0.25, 0.3) is 0 Å². The van der Waals surface area contributed by atoms with Crippen molar-refractivity contribution in [2.45, 2.75) is 6.42 Å². The number of pyridine rings is 1. The third-order valence-corrected chi connectivity index (χ3v) is 3.39. The standard InChI is InChI=1S/C17H18N4O3/c1-23-17-20-15-14(9-5-10-18-15)21(17)16(22)19-11-6-12-24-13-7-3-2-4-8-13/h2-5,7-10H,6,11-12H2,1H3,(H,19,22). The molecular formula is C17H18N4O3. The number of rotatable bonds is 6. The predicted octanol–water partition coefficient (Wildman–Crippen LogP) is 2.47. The zero-order valence-electron chi connectivity index (χ0n) is 13.3. The second kappa shape index (κ2) is 7.45. The van der Waals surface area contributed by atoms with Crippen molar-refractivity contribution in [3.63, 3.8) is 0 Å². The third kappa shape index (κ3) is 3.45. The number of benzene rings is 1. The molecule has 7 heteroatoms. The summed E-state index contributed by atoms with van der Waals surface area (Å²) >= 11 is 0. The van der Waals surface area contributed by atoms with Crippen LogP contribution in [0.25, 0.3) is 11.2 Å². The fourth-order valence-corrected chi connectivity index (χ4v) is 2.28. The number of methoxy groups -OCH3 is 1. The lowest BCUT2D eigenvalue weighted by Gasteiger charge is -2.09. The second-order valence-electron chi connectivity index (χ2n) is 5.03. The van der Waals surface area contributed by atoms with E-state index in [0.717, 1.165) is 5.75 Å². The van der Waals surface area contributed by atoms with Crippen LogP contribution in [0.3, 0.4) is 0 Å². The molecule has 7 nitrogen and oxygen atoms in total. The highest BCUT2D eigenvalue weighted by molar-refractivity contribution is 5.89. The van der Waals surface area contributed by atoms with Crippen molar-refractivity contribution < 1.29 is 14.3 Å². The minimum atomic E-state index is -0.304. The summed E-state index contributed by atoms with van der Waals surface area (Å²) in [7, 11) is 1.47. The number of nitrogens with one attached hydrogen (secondary N) is 1. The van der Waals surface area contributed by atoms with Crippen LogP contribution < -0.4 is 14.8 Å². The summed E-state index contributed by atoms with van der Waals surface area (Å²) in [6.07, 6.45) is 2.31. The lowest BCUT2D eigenvalue weighted by Crippen LogP contribution is -2.30. The van der Waals surface area contributed by atoms with Crippen LogP contribution in [0.15, 0.2) is 48.7 Å². The van der Waals surface area contributed by atoms with Crippen molar-refractivity contribution in [3.05, 3.63) is 48.7 Å². The number of nitrogens with zero attached hydrogens (tertiary/aromatic N) is 3. The summed E-state index contributed by atoms with van der Waals surface area (Å²) in [6, 6.07) is 13.0. The van der Waals surface area contributed by atoms with Crippen molar-refractivity contribution in [3.8, 4) is 11.8 Å². The van der Waals surface area contributed by atoms with E-state index in [9.17, 15) is 4.79 Å². The van der Waals surface area contributed by atoms with Gasteiger partial charge in [-0.25, -0.2) is 14.3 Å². The van der Waals surface area contributed by atoms with Gasteiger partial charge >= 0.3 is 12.0 Å². The Bertz CT molecular complexity index is 817. The van der Waals surface area contributed by atoms with Crippen molar-refractivity contribution >= 4 is 17.2 Å². The summed E-state index contributed by atoms with van der Waals surface area (Å²) in [5.41, 5.74) is 1.07. The van der Waals surface area contributed by atoms with Gasteiger partial charge in [0.15, 0.2) is 5.65 Å². The molecule has 124 valence electrons. The monoisotopic (exact) mass is 326 g/mol. The number of amides is 1. The number of imidazole rings is 1. The average molecular weight is 326 g/mol. The number of hydrogen-bond acceptors (Lipinski definition) is 5. The van der Waals surface area contributed by atoms with Crippen LogP contribution in [0.4, 0.5) is 4.79 Å². The summed E-state index contributed by atoms with van der Waals surface area (Å²) in [5.74, 6) is 0.817. The number of carbonyl (C=O) groups is 1. The summed E-state index contributed by atoms with van der Waals surface area (Å²) < 4.78 is 12.1. The van der Waals surface area contributed by atoms with Crippen LogP contribution in [-0.2, 0) is 0 Å². The number of ether oxygens (including phenoxy) is 2. The molecular weight excluding hydrogens is 308 g/mol. The highest BCUT2D eigenvalue weighted by Crippen LogP contribution is 2.18. The molecule has 2 aromatic heterocycles. The molecule has 0 bridgehead atoms. The summed E-state index contributed by atoms with van der Waals surface area (Å²) in [5, 5.41) is 2.83. The molecule has 0 unspecified atom stereocenters. The molecule has 0 aliphatic rings. The summed E-state index contributed by atoms with van der Waals surface area (Å²) in [6.45, 7) is 1.00. The van der Waals surface area contributed by atoms with E-state index in [4.69, 9.17) is 9.47 Å². The fourth-order valence-electron chi connectivity index (χ4n) is 2.28. The molecule has 0 aliphatic carbocycles. The van der Waals surface area contributed by atoms with E-state index in [1.54, 1.807) is 18.3 Å². The van der Waals surface area contributed by atoms with Gasteiger partial charge in [0.05, 0.1) is 13.7 Å². The second-order valence-corrected chi connectivity index (χ2v) is 5.03. The first kappa shape index (κ1) is 15.8. The molecule has 0 radical (unpaired) electrons. The first-order chi connectivity index (χ1) is 11.8. The topological polar surface area (TPSA) is 78.3 Å². The average Bonchev–Trinajstić information content (AvgIpc) is 3.01. The van der Waals surface area contributed by atoms with Crippen LogP contribution in [0.2, 0.25) is 0 Å². The number of aromatic nitrogens is 3. The minimum Gasteiger partial charge on any atom is -0.494 e. The van der Waals surface area contributed by atoms with Gasteiger partial charge in [-0.3, -0.25) is 0 Å². The third-order valence-electron chi connectivity index (χ3n) is 3.39. The van der Waals surface area contributed by atoms with E-state index >= 15 is 0 Å². The zero-order chi connectivity index (χ0) is 16.8. The largest absolute Gasteiger partial charge is 0.494 e. The fraction of sp³-hybridized carbons (Fsp3) is 0.235.